The molecule has 1 atom stereocenters. The number of nitrogens with zero attached hydrogens (tertiary/aromatic N) is 5. The van der Waals surface area contributed by atoms with Crippen LogP contribution in [0, 0.1) is 5.41 Å². The molecule has 0 N–H and O–H groups in total. The van der Waals surface area contributed by atoms with Crippen molar-refractivity contribution in [2.24, 2.45) is 12.5 Å². The maximum absolute atomic E-state index is 13.1. The van der Waals surface area contributed by atoms with Gasteiger partial charge in [-0.05, 0) is 19.9 Å². The summed E-state index contributed by atoms with van der Waals surface area (Å²) < 4.78 is 3.71. The topological polar surface area (TPSA) is 56.0 Å². The number of hydrogen-bond donors (Lipinski definition) is 0. The summed E-state index contributed by atoms with van der Waals surface area (Å²) in [6.07, 6.45) is 7.24. The van der Waals surface area contributed by atoms with Crippen molar-refractivity contribution < 1.29 is 4.79 Å². The molecule has 2 aromatic rings. The van der Waals surface area contributed by atoms with Gasteiger partial charge in [-0.3, -0.25) is 9.48 Å². The van der Waals surface area contributed by atoms with E-state index in [9.17, 15) is 4.79 Å². The normalized spacial score (nSPS) is 20.8. The van der Waals surface area contributed by atoms with E-state index < -0.39 is 5.54 Å². The Morgan fingerprint density at radius 2 is 2.05 bits per heavy atom. The van der Waals surface area contributed by atoms with Crippen LogP contribution in [0.2, 0.25) is 0 Å². The summed E-state index contributed by atoms with van der Waals surface area (Å²) in [5.74, 6) is 1.00. The highest BCUT2D eigenvalue weighted by atomic mass is 16.2. The van der Waals surface area contributed by atoms with E-state index in [4.69, 9.17) is 0 Å². The van der Waals surface area contributed by atoms with Crippen LogP contribution in [-0.2, 0) is 17.4 Å². The molecule has 0 bridgehead atoms. The van der Waals surface area contributed by atoms with Crippen LogP contribution in [0.3, 0.4) is 0 Å². The van der Waals surface area contributed by atoms with E-state index in [0.29, 0.717) is 0 Å². The molecule has 0 aromatic carbocycles. The molecule has 0 radical (unpaired) electrons. The minimum absolute atomic E-state index is 0.00478. The second kappa shape index (κ2) is 4.69. The van der Waals surface area contributed by atoms with Crippen molar-refractivity contribution in [3.05, 3.63) is 36.7 Å². The van der Waals surface area contributed by atoms with Crippen molar-refractivity contribution in [1.82, 2.24) is 24.2 Å². The summed E-state index contributed by atoms with van der Waals surface area (Å²) >= 11 is 0. The fourth-order valence-corrected chi connectivity index (χ4v) is 3.29. The minimum atomic E-state index is -0.705. The van der Waals surface area contributed by atoms with Crippen LogP contribution in [0.15, 0.2) is 30.9 Å². The van der Waals surface area contributed by atoms with Crippen LogP contribution in [0.4, 0.5) is 0 Å². The summed E-state index contributed by atoms with van der Waals surface area (Å²) in [6.45, 7) is 8.90. The number of likely N-dealkylation sites (tertiary alicyclic amines) is 1. The third-order valence-electron chi connectivity index (χ3n) is 4.59. The van der Waals surface area contributed by atoms with E-state index in [1.165, 1.54) is 0 Å². The van der Waals surface area contributed by atoms with Crippen LogP contribution in [0.1, 0.15) is 39.6 Å². The predicted octanol–water partition coefficient (Wildman–Crippen LogP) is 1.96. The molecule has 22 heavy (non-hydrogen) atoms. The van der Waals surface area contributed by atoms with E-state index in [1.807, 2.05) is 48.8 Å². The zero-order valence-corrected chi connectivity index (χ0v) is 13.8. The lowest BCUT2D eigenvalue weighted by Crippen LogP contribution is -2.62. The Hall–Kier alpha value is -2.11. The quantitative estimate of drug-likeness (QED) is 0.871. The number of aryl methyl sites for hydroxylation is 1. The molecule has 1 aliphatic heterocycles. The molecular formula is C16H23N5O. The largest absolute Gasteiger partial charge is 0.336 e. The molecule has 0 spiro atoms. The predicted molar refractivity (Wildman–Crippen MR) is 83.0 cm³/mol. The number of imidazole rings is 1. The van der Waals surface area contributed by atoms with Crippen molar-refractivity contribution in [3.8, 4) is 0 Å². The number of aromatic nitrogens is 4. The molecule has 3 rings (SSSR count). The molecule has 2 aromatic heterocycles. The second-order valence-electron chi connectivity index (χ2n) is 7.23. The Kier molecular flexibility index (Phi) is 3.16. The van der Waals surface area contributed by atoms with E-state index in [2.05, 4.69) is 23.9 Å². The standard InChI is InChI=1S/C16H23N5O/c1-15(2)11-20(12(15)13-17-8-10-19(13)5)14(22)16(3,4)21-9-6-7-18-21/h6-10,12H,11H2,1-5H3. The van der Waals surface area contributed by atoms with Gasteiger partial charge in [0.25, 0.3) is 5.91 Å². The zero-order chi connectivity index (χ0) is 16.1. The van der Waals surface area contributed by atoms with Gasteiger partial charge in [0.15, 0.2) is 0 Å². The van der Waals surface area contributed by atoms with E-state index >= 15 is 0 Å². The first-order chi connectivity index (χ1) is 10.2. The fourth-order valence-electron chi connectivity index (χ4n) is 3.29. The molecule has 0 aliphatic carbocycles. The summed E-state index contributed by atoms with van der Waals surface area (Å²) in [7, 11) is 1.97. The fraction of sp³-hybridized carbons (Fsp3) is 0.562. The highest BCUT2D eigenvalue weighted by Crippen LogP contribution is 2.48. The molecule has 0 saturated carbocycles. The Balaban J connectivity index is 1.92. The van der Waals surface area contributed by atoms with E-state index in [-0.39, 0.29) is 17.4 Å². The van der Waals surface area contributed by atoms with Crippen LogP contribution in [-0.4, -0.2) is 36.7 Å². The molecule has 1 fully saturated rings. The molecular weight excluding hydrogens is 278 g/mol. The minimum Gasteiger partial charge on any atom is -0.336 e. The van der Waals surface area contributed by atoms with Crippen molar-refractivity contribution >= 4 is 5.91 Å². The van der Waals surface area contributed by atoms with Crippen molar-refractivity contribution in [2.75, 3.05) is 6.54 Å². The first kappa shape index (κ1) is 14.8. The lowest BCUT2D eigenvalue weighted by Gasteiger charge is -2.55. The molecule has 1 amide bonds. The average molecular weight is 301 g/mol. The van der Waals surface area contributed by atoms with Crippen LogP contribution < -0.4 is 0 Å². The molecule has 6 heteroatoms. The maximum Gasteiger partial charge on any atom is 0.250 e. The average Bonchev–Trinajstić information content (AvgIpc) is 3.08. The summed E-state index contributed by atoms with van der Waals surface area (Å²) in [5, 5.41) is 4.24. The van der Waals surface area contributed by atoms with E-state index in [1.54, 1.807) is 17.1 Å². The van der Waals surface area contributed by atoms with Gasteiger partial charge < -0.3 is 9.47 Å². The van der Waals surface area contributed by atoms with Crippen molar-refractivity contribution in [1.29, 1.82) is 0 Å². The van der Waals surface area contributed by atoms with Gasteiger partial charge >= 0.3 is 0 Å². The maximum atomic E-state index is 13.1. The summed E-state index contributed by atoms with van der Waals surface area (Å²) in [5.41, 5.74) is -0.682. The van der Waals surface area contributed by atoms with Gasteiger partial charge in [-0.15, -0.1) is 0 Å². The smallest absolute Gasteiger partial charge is 0.250 e. The Morgan fingerprint density at radius 1 is 1.32 bits per heavy atom. The first-order valence-electron chi connectivity index (χ1n) is 7.53. The summed E-state index contributed by atoms with van der Waals surface area (Å²) in [6, 6.07) is 1.83. The highest BCUT2D eigenvalue weighted by Gasteiger charge is 2.53. The van der Waals surface area contributed by atoms with E-state index in [0.717, 1.165) is 12.4 Å². The molecule has 6 nitrogen and oxygen atoms in total. The van der Waals surface area contributed by atoms with Gasteiger partial charge in [-0.1, -0.05) is 13.8 Å². The van der Waals surface area contributed by atoms with Crippen LogP contribution >= 0.6 is 0 Å². The second-order valence-corrected chi connectivity index (χ2v) is 7.23. The van der Waals surface area contributed by atoms with Gasteiger partial charge in [0.1, 0.15) is 11.4 Å². The molecule has 1 aliphatic rings. The monoisotopic (exact) mass is 301 g/mol. The van der Waals surface area contributed by atoms with Gasteiger partial charge in [0.2, 0.25) is 0 Å². The lowest BCUT2D eigenvalue weighted by molar-refractivity contribution is -0.162. The Bertz CT molecular complexity index is 683. The van der Waals surface area contributed by atoms with Crippen molar-refractivity contribution in [2.45, 2.75) is 39.3 Å². The highest BCUT2D eigenvalue weighted by molar-refractivity contribution is 5.85. The molecule has 1 saturated heterocycles. The lowest BCUT2D eigenvalue weighted by atomic mass is 9.73. The molecule has 118 valence electrons. The van der Waals surface area contributed by atoms with Crippen LogP contribution in [0.5, 0.6) is 0 Å². The van der Waals surface area contributed by atoms with Crippen molar-refractivity contribution in [3.63, 3.8) is 0 Å². The van der Waals surface area contributed by atoms with Gasteiger partial charge in [-0.25, -0.2) is 4.98 Å². The third-order valence-corrected chi connectivity index (χ3v) is 4.59. The Morgan fingerprint density at radius 3 is 2.55 bits per heavy atom. The number of rotatable bonds is 3. The van der Waals surface area contributed by atoms with Crippen LogP contribution in [0.25, 0.3) is 0 Å². The van der Waals surface area contributed by atoms with Gasteiger partial charge in [0, 0.05) is 43.8 Å². The molecule has 1 unspecified atom stereocenters. The number of carbonyl (C=O) groups excluding carboxylic acids is 1. The van der Waals surface area contributed by atoms with Gasteiger partial charge in [0.05, 0.1) is 6.04 Å². The van der Waals surface area contributed by atoms with Gasteiger partial charge in [-0.2, -0.15) is 5.10 Å². The number of hydrogen-bond acceptors (Lipinski definition) is 3. The SMILES string of the molecule is Cn1ccnc1C1N(C(=O)C(C)(C)n2cccn2)CC1(C)C. The summed E-state index contributed by atoms with van der Waals surface area (Å²) in [4.78, 5) is 19.5. The number of carbonyl (C=O) groups is 1. The molecule has 3 heterocycles. The Labute approximate surface area is 130 Å². The zero-order valence-electron chi connectivity index (χ0n) is 13.8. The first-order valence-corrected chi connectivity index (χ1v) is 7.53. The third kappa shape index (κ3) is 2.05. The number of amides is 1.